The number of aromatic nitrogens is 1. The van der Waals surface area contributed by atoms with Crippen molar-refractivity contribution in [1.82, 2.24) is 15.2 Å². The minimum atomic E-state index is -0.326. The third-order valence-electron chi connectivity index (χ3n) is 4.89. The number of piperidine rings is 1. The highest BCUT2D eigenvalue weighted by atomic mass is 19.1. The molecule has 1 saturated heterocycles. The van der Waals surface area contributed by atoms with E-state index in [2.05, 4.69) is 15.6 Å². The first-order chi connectivity index (χ1) is 13.5. The van der Waals surface area contributed by atoms with Crippen LogP contribution < -0.4 is 10.6 Å². The van der Waals surface area contributed by atoms with Crippen molar-refractivity contribution in [2.75, 3.05) is 25.0 Å². The summed E-state index contributed by atoms with van der Waals surface area (Å²) in [5.41, 5.74) is 2.77. The molecule has 0 saturated carbocycles. The quantitative estimate of drug-likeness (QED) is 0.720. The molecule has 1 aliphatic heterocycles. The molecule has 0 unspecified atom stereocenters. The Kier molecular flexibility index (Phi) is 6.57. The second-order valence-corrected chi connectivity index (χ2v) is 7.05. The van der Waals surface area contributed by atoms with Gasteiger partial charge >= 0.3 is 0 Å². The van der Waals surface area contributed by atoms with Crippen LogP contribution in [0.4, 0.5) is 10.1 Å². The maximum atomic E-state index is 13.4. The van der Waals surface area contributed by atoms with Crippen molar-refractivity contribution in [3.8, 4) is 0 Å². The molecule has 1 aromatic carbocycles. The lowest BCUT2D eigenvalue weighted by Gasteiger charge is -2.32. The Morgan fingerprint density at radius 1 is 1.32 bits per heavy atom. The number of aryl methyl sites for hydroxylation is 1. The molecule has 2 aromatic rings. The molecule has 0 spiro atoms. The van der Waals surface area contributed by atoms with E-state index in [9.17, 15) is 14.0 Å². The van der Waals surface area contributed by atoms with Crippen molar-refractivity contribution >= 4 is 17.5 Å². The smallest absolute Gasteiger partial charge is 0.224 e. The van der Waals surface area contributed by atoms with Gasteiger partial charge in [-0.1, -0.05) is 12.1 Å². The van der Waals surface area contributed by atoms with Crippen LogP contribution in [0.15, 0.2) is 42.7 Å². The second kappa shape index (κ2) is 9.30. The van der Waals surface area contributed by atoms with Crippen LogP contribution in [0.2, 0.25) is 0 Å². The van der Waals surface area contributed by atoms with Crippen LogP contribution in [0.3, 0.4) is 0 Å². The fourth-order valence-electron chi connectivity index (χ4n) is 3.34. The van der Waals surface area contributed by atoms with E-state index in [1.165, 1.54) is 12.1 Å². The number of benzene rings is 1. The van der Waals surface area contributed by atoms with Gasteiger partial charge in [0.2, 0.25) is 11.8 Å². The zero-order valence-electron chi connectivity index (χ0n) is 16.0. The highest BCUT2D eigenvalue weighted by Gasteiger charge is 2.30. The van der Waals surface area contributed by atoms with E-state index in [0.29, 0.717) is 39.0 Å². The highest BCUT2D eigenvalue weighted by molar-refractivity contribution is 5.83. The van der Waals surface area contributed by atoms with E-state index >= 15 is 0 Å². The number of likely N-dealkylation sites (tertiary alicyclic amines) is 1. The molecule has 2 heterocycles. The standard InChI is InChI=1S/C21H25FN4O2/c1-15-12-23-8-7-19(15)24-9-10-25-21(28)17-5-6-20(27)26(14-17)13-16-3-2-4-18(22)11-16/h2-4,7-8,11-12,17H,5-6,9-10,13-14H2,1H3,(H,23,24)(H,25,28)/t17-/m0/s1. The van der Waals surface area contributed by atoms with Crippen LogP contribution in [0.25, 0.3) is 0 Å². The van der Waals surface area contributed by atoms with Crippen molar-refractivity contribution in [1.29, 1.82) is 0 Å². The maximum absolute atomic E-state index is 13.4. The molecule has 0 radical (unpaired) electrons. The largest absolute Gasteiger partial charge is 0.383 e. The molecular formula is C21H25FN4O2. The van der Waals surface area contributed by atoms with E-state index in [-0.39, 0.29) is 23.5 Å². The van der Waals surface area contributed by atoms with Crippen molar-refractivity contribution in [3.05, 3.63) is 59.7 Å². The number of pyridine rings is 1. The van der Waals surface area contributed by atoms with Crippen molar-refractivity contribution in [2.24, 2.45) is 5.92 Å². The average molecular weight is 384 g/mol. The SMILES string of the molecule is Cc1cnccc1NCCNC(=O)[C@H]1CCC(=O)N(Cc2cccc(F)c2)C1. The Labute approximate surface area is 164 Å². The van der Waals surface area contributed by atoms with E-state index in [0.717, 1.165) is 16.8 Å². The molecule has 2 N–H and O–H groups in total. The van der Waals surface area contributed by atoms with E-state index in [1.807, 2.05) is 13.0 Å². The number of anilines is 1. The number of hydrogen-bond donors (Lipinski definition) is 2. The molecule has 0 aliphatic carbocycles. The third-order valence-corrected chi connectivity index (χ3v) is 4.89. The summed E-state index contributed by atoms with van der Waals surface area (Å²) in [7, 11) is 0. The molecule has 1 aliphatic rings. The number of amides is 2. The number of rotatable bonds is 7. The Bertz CT molecular complexity index is 843. The molecule has 1 atom stereocenters. The zero-order valence-corrected chi connectivity index (χ0v) is 16.0. The lowest BCUT2D eigenvalue weighted by Crippen LogP contribution is -2.46. The Morgan fingerprint density at radius 2 is 2.18 bits per heavy atom. The van der Waals surface area contributed by atoms with E-state index < -0.39 is 0 Å². The zero-order chi connectivity index (χ0) is 19.9. The van der Waals surface area contributed by atoms with Crippen LogP contribution in [0.5, 0.6) is 0 Å². The summed E-state index contributed by atoms with van der Waals surface area (Å²) >= 11 is 0. The molecule has 6 nitrogen and oxygen atoms in total. The van der Waals surface area contributed by atoms with Gasteiger partial charge in [-0.05, 0) is 42.7 Å². The average Bonchev–Trinajstić information content (AvgIpc) is 2.68. The molecule has 1 fully saturated rings. The van der Waals surface area contributed by atoms with Crippen LogP contribution >= 0.6 is 0 Å². The Hall–Kier alpha value is -2.96. The molecule has 7 heteroatoms. The van der Waals surface area contributed by atoms with E-state index in [1.54, 1.807) is 29.4 Å². The predicted molar refractivity (Wildman–Crippen MR) is 105 cm³/mol. The molecule has 28 heavy (non-hydrogen) atoms. The predicted octanol–water partition coefficient (Wildman–Crippen LogP) is 2.50. The summed E-state index contributed by atoms with van der Waals surface area (Å²) in [5.74, 6) is -0.616. The minimum Gasteiger partial charge on any atom is -0.383 e. The Morgan fingerprint density at radius 3 is 2.96 bits per heavy atom. The summed E-state index contributed by atoms with van der Waals surface area (Å²) in [5, 5.41) is 6.21. The lowest BCUT2D eigenvalue weighted by molar-refractivity contribution is -0.138. The summed E-state index contributed by atoms with van der Waals surface area (Å²) in [6, 6.07) is 8.10. The minimum absolute atomic E-state index is 0.00291. The van der Waals surface area contributed by atoms with Crippen molar-refractivity contribution in [3.63, 3.8) is 0 Å². The molecule has 0 bridgehead atoms. The normalized spacial score (nSPS) is 16.7. The van der Waals surface area contributed by atoms with Gasteiger partial charge in [-0.15, -0.1) is 0 Å². The van der Waals surface area contributed by atoms with Crippen molar-refractivity contribution in [2.45, 2.75) is 26.3 Å². The third kappa shape index (κ3) is 5.28. The Balaban J connectivity index is 1.47. The first-order valence-electron chi connectivity index (χ1n) is 9.47. The van der Waals surface area contributed by atoms with Gasteiger partial charge in [0, 0.05) is 50.7 Å². The van der Waals surface area contributed by atoms with E-state index in [4.69, 9.17) is 0 Å². The molecule has 1 aromatic heterocycles. The molecular weight excluding hydrogens is 359 g/mol. The molecule has 148 valence electrons. The molecule has 2 amide bonds. The number of carbonyl (C=O) groups is 2. The summed E-state index contributed by atoms with van der Waals surface area (Å²) < 4.78 is 13.4. The van der Waals surface area contributed by atoms with Gasteiger partial charge < -0.3 is 15.5 Å². The number of nitrogens with zero attached hydrogens (tertiary/aromatic N) is 2. The van der Waals surface area contributed by atoms with Gasteiger partial charge in [0.1, 0.15) is 5.82 Å². The summed E-state index contributed by atoms with van der Waals surface area (Å²) in [6.45, 7) is 3.76. The highest BCUT2D eigenvalue weighted by Crippen LogP contribution is 2.20. The number of nitrogens with one attached hydrogen (secondary N) is 2. The van der Waals surface area contributed by atoms with Gasteiger partial charge in [-0.2, -0.15) is 0 Å². The second-order valence-electron chi connectivity index (χ2n) is 7.05. The fraction of sp³-hybridized carbons (Fsp3) is 0.381. The van der Waals surface area contributed by atoms with Crippen molar-refractivity contribution < 1.29 is 14.0 Å². The lowest BCUT2D eigenvalue weighted by atomic mass is 9.96. The first kappa shape index (κ1) is 19.8. The molecule has 3 rings (SSSR count). The van der Waals surface area contributed by atoms with Gasteiger partial charge in [-0.25, -0.2) is 4.39 Å². The maximum Gasteiger partial charge on any atom is 0.224 e. The fourth-order valence-corrected chi connectivity index (χ4v) is 3.34. The number of carbonyl (C=O) groups excluding carboxylic acids is 2. The van der Waals surface area contributed by atoms with Gasteiger partial charge in [0.05, 0.1) is 5.92 Å². The van der Waals surface area contributed by atoms with Crippen LogP contribution in [0.1, 0.15) is 24.0 Å². The van der Waals surface area contributed by atoms with Gasteiger partial charge in [0.15, 0.2) is 0 Å². The monoisotopic (exact) mass is 384 g/mol. The first-order valence-corrected chi connectivity index (χ1v) is 9.47. The summed E-state index contributed by atoms with van der Waals surface area (Å²) in [4.78, 5) is 30.4. The van der Waals surface area contributed by atoms with Crippen LogP contribution in [-0.4, -0.2) is 41.3 Å². The number of halogens is 1. The van der Waals surface area contributed by atoms with Crippen LogP contribution in [-0.2, 0) is 16.1 Å². The van der Waals surface area contributed by atoms with Crippen LogP contribution in [0, 0.1) is 18.7 Å². The summed E-state index contributed by atoms with van der Waals surface area (Å²) in [6.07, 6.45) is 4.39. The number of hydrogen-bond acceptors (Lipinski definition) is 4. The van der Waals surface area contributed by atoms with Gasteiger partial charge in [0.25, 0.3) is 0 Å². The van der Waals surface area contributed by atoms with Gasteiger partial charge in [-0.3, -0.25) is 14.6 Å². The topological polar surface area (TPSA) is 74.3 Å².